The SMILES string of the molecule is COc1cc(C2c3sc(=O)[nH]c3SC3C4CC(C5C(=O)N(C(CC(C)C)C(=O)[O-])C(=O)C45)C23)ccc1O. The summed E-state index contributed by atoms with van der Waals surface area (Å²) < 4.78 is 5.35. The minimum absolute atomic E-state index is 0.00848. The number of H-pyrrole nitrogens is 1. The highest BCUT2D eigenvalue weighted by molar-refractivity contribution is 8.00. The number of carboxylic acids is 1. The molecule has 2 N–H and O–H groups in total. The molecule has 0 spiro atoms. The number of aromatic hydroxyl groups is 1. The Balaban J connectivity index is 1.43. The number of methoxy groups -OCH3 is 1. The standard InChI is InChI=1S/C26H28N2O7S2/c1-9(2)6-13(25(32)33)28-23(30)18-11-8-12(19(18)24(28)31)20-17(11)16(21-22(36-20)27-26(34)37-21)10-4-5-14(29)15(7-10)35-3/h4-5,7,9,11-13,16-20,29H,6,8H2,1-3H3,(H,27,34)(H,32,33)/p-1. The third-order valence-electron chi connectivity index (χ3n) is 8.60. The number of carboxylic acid groups (broad SMARTS) is 1. The normalized spacial score (nSPS) is 32.4. The van der Waals surface area contributed by atoms with Gasteiger partial charge in [0.05, 0.1) is 36.0 Å². The van der Waals surface area contributed by atoms with Crippen molar-refractivity contribution in [3.8, 4) is 11.5 Å². The molecule has 4 aliphatic rings. The molecule has 2 amide bonds. The summed E-state index contributed by atoms with van der Waals surface area (Å²) in [4.78, 5) is 56.4. The molecule has 3 heterocycles. The molecule has 2 aromatic rings. The molecule has 2 saturated carbocycles. The number of likely N-dealkylation sites (tertiary alicyclic amines) is 1. The molecular formula is C26H27N2O7S2-. The van der Waals surface area contributed by atoms with Crippen LogP contribution in [0.2, 0.25) is 0 Å². The van der Waals surface area contributed by atoms with Crippen LogP contribution in [0.4, 0.5) is 0 Å². The fraction of sp³-hybridized carbons (Fsp3) is 0.538. The number of phenolic OH excluding ortho intramolecular Hbond substituents is 1. The van der Waals surface area contributed by atoms with Crippen LogP contribution in [-0.2, 0) is 14.4 Å². The van der Waals surface area contributed by atoms with Crippen molar-refractivity contribution >= 4 is 40.9 Å². The summed E-state index contributed by atoms with van der Waals surface area (Å²) in [7, 11) is 1.48. The van der Waals surface area contributed by atoms with Gasteiger partial charge in [0.25, 0.3) is 0 Å². The number of carbonyl (C=O) groups is 3. The van der Waals surface area contributed by atoms with E-state index in [1.54, 1.807) is 23.9 Å². The van der Waals surface area contributed by atoms with Gasteiger partial charge < -0.3 is 24.7 Å². The topological polar surface area (TPSA) is 140 Å². The molecule has 1 aromatic heterocycles. The van der Waals surface area contributed by atoms with Gasteiger partial charge in [-0.15, -0.1) is 11.8 Å². The number of aromatic nitrogens is 1. The van der Waals surface area contributed by atoms with Crippen molar-refractivity contribution in [2.75, 3.05) is 7.11 Å². The summed E-state index contributed by atoms with van der Waals surface area (Å²) in [6.45, 7) is 3.71. The lowest BCUT2D eigenvalue weighted by Crippen LogP contribution is -2.52. The van der Waals surface area contributed by atoms with Crippen molar-refractivity contribution in [3.63, 3.8) is 0 Å². The highest BCUT2D eigenvalue weighted by atomic mass is 32.2. The number of imide groups is 1. The monoisotopic (exact) mass is 543 g/mol. The average Bonchev–Trinajstić information content (AvgIpc) is 3.57. The van der Waals surface area contributed by atoms with Gasteiger partial charge in [-0.3, -0.25) is 19.3 Å². The number of amides is 2. The van der Waals surface area contributed by atoms with Crippen molar-refractivity contribution in [1.82, 2.24) is 9.88 Å². The van der Waals surface area contributed by atoms with Crippen LogP contribution in [-0.4, -0.2) is 51.2 Å². The van der Waals surface area contributed by atoms with Gasteiger partial charge in [0.15, 0.2) is 11.5 Å². The zero-order valence-electron chi connectivity index (χ0n) is 20.5. The second kappa shape index (κ2) is 8.62. The highest BCUT2D eigenvalue weighted by Gasteiger charge is 2.70. The van der Waals surface area contributed by atoms with Gasteiger partial charge in [0.1, 0.15) is 0 Å². The Morgan fingerprint density at radius 3 is 2.57 bits per heavy atom. The van der Waals surface area contributed by atoms with E-state index in [0.29, 0.717) is 12.2 Å². The maximum Gasteiger partial charge on any atom is 0.305 e. The van der Waals surface area contributed by atoms with Crippen LogP contribution in [0, 0.1) is 35.5 Å². The first-order valence-electron chi connectivity index (χ1n) is 12.5. The molecule has 6 rings (SSSR count). The van der Waals surface area contributed by atoms with Gasteiger partial charge in [0.2, 0.25) is 11.8 Å². The number of thioether (sulfide) groups is 1. The summed E-state index contributed by atoms with van der Waals surface area (Å²) in [6.07, 6.45) is 0.860. The number of aliphatic carboxylic acids is 1. The van der Waals surface area contributed by atoms with Gasteiger partial charge in [0, 0.05) is 16.0 Å². The predicted octanol–water partition coefficient (Wildman–Crippen LogP) is 1.79. The summed E-state index contributed by atoms with van der Waals surface area (Å²) in [5.74, 6) is -3.53. The molecule has 8 atom stereocenters. The van der Waals surface area contributed by atoms with Gasteiger partial charge in [-0.2, -0.15) is 0 Å². The Morgan fingerprint density at radius 2 is 1.92 bits per heavy atom. The molecule has 2 aliphatic carbocycles. The third kappa shape index (κ3) is 3.49. The van der Waals surface area contributed by atoms with Crippen LogP contribution in [0.25, 0.3) is 0 Å². The molecule has 11 heteroatoms. The number of phenols is 1. The van der Waals surface area contributed by atoms with Crippen LogP contribution < -0.4 is 14.7 Å². The Labute approximate surface area is 221 Å². The molecule has 2 bridgehead atoms. The second-order valence-electron chi connectivity index (χ2n) is 10.9. The number of thiazole rings is 1. The number of benzene rings is 1. The first kappa shape index (κ1) is 24.5. The first-order valence-corrected chi connectivity index (χ1v) is 14.2. The lowest BCUT2D eigenvalue weighted by atomic mass is 9.68. The maximum absolute atomic E-state index is 13.7. The molecule has 2 aliphatic heterocycles. The lowest BCUT2D eigenvalue weighted by Gasteiger charge is -2.43. The van der Waals surface area contributed by atoms with Crippen molar-refractivity contribution in [3.05, 3.63) is 38.3 Å². The van der Waals surface area contributed by atoms with Crippen LogP contribution in [0.3, 0.4) is 0 Å². The van der Waals surface area contributed by atoms with E-state index in [4.69, 9.17) is 4.74 Å². The first-order chi connectivity index (χ1) is 17.6. The van der Waals surface area contributed by atoms with Crippen LogP contribution >= 0.6 is 23.1 Å². The van der Waals surface area contributed by atoms with E-state index < -0.39 is 35.7 Å². The zero-order chi connectivity index (χ0) is 26.3. The predicted molar refractivity (Wildman–Crippen MR) is 133 cm³/mol. The Hall–Kier alpha value is -2.79. The van der Waals surface area contributed by atoms with Crippen LogP contribution in [0.1, 0.15) is 43.0 Å². The van der Waals surface area contributed by atoms with Crippen molar-refractivity contribution < 1.29 is 29.3 Å². The number of aromatic amines is 1. The number of fused-ring (bicyclic) bond motifs is 9. The maximum atomic E-state index is 13.7. The van der Waals surface area contributed by atoms with E-state index in [1.165, 1.54) is 7.11 Å². The van der Waals surface area contributed by atoms with Gasteiger partial charge >= 0.3 is 4.87 Å². The summed E-state index contributed by atoms with van der Waals surface area (Å²) in [5, 5.41) is 22.9. The fourth-order valence-corrected chi connectivity index (χ4v) is 10.3. The Morgan fingerprint density at radius 1 is 1.22 bits per heavy atom. The molecule has 9 nitrogen and oxygen atoms in total. The summed E-state index contributed by atoms with van der Waals surface area (Å²) in [5.41, 5.74) is 0.867. The largest absolute Gasteiger partial charge is 0.548 e. The number of ether oxygens (including phenoxy) is 1. The lowest BCUT2D eigenvalue weighted by molar-refractivity contribution is -0.311. The molecule has 37 heavy (non-hydrogen) atoms. The van der Waals surface area contributed by atoms with E-state index in [1.807, 2.05) is 19.9 Å². The minimum Gasteiger partial charge on any atom is -0.548 e. The molecule has 1 aromatic carbocycles. The van der Waals surface area contributed by atoms with Crippen molar-refractivity contribution in [1.29, 1.82) is 0 Å². The summed E-state index contributed by atoms with van der Waals surface area (Å²) in [6, 6.07) is 3.89. The van der Waals surface area contributed by atoms with Crippen molar-refractivity contribution in [2.24, 2.45) is 35.5 Å². The molecule has 3 fully saturated rings. The summed E-state index contributed by atoms with van der Waals surface area (Å²) >= 11 is 2.71. The molecule has 8 unspecified atom stereocenters. The number of nitrogens with zero attached hydrogens (tertiary/aromatic N) is 1. The van der Waals surface area contributed by atoms with E-state index in [0.717, 1.165) is 31.7 Å². The molecule has 0 radical (unpaired) electrons. The molecular weight excluding hydrogens is 516 g/mol. The number of hydrogen-bond acceptors (Lipinski definition) is 9. The van der Waals surface area contributed by atoms with Gasteiger partial charge in [-0.1, -0.05) is 31.3 Å². The minimum atomic E-state index is -1.40. The Kier molecular flexibility index (Phi) is 5.72. The molecule has 196 valence electrons. The second-order valence-corrected chi connectivity index (χ2v) is 13.1. The smallest absolute Gasteiger partial charge is 0.305 e. The van der Waals surface area contributed by atoms with E-state index >= 15 is 0 Å². The highest BCUT2D eigenvalue weighted by Crippen LogP contribution is 2.68. The Bertz CT molecular complexity index is 1370. The van der Waals surface area contributed by atoms with Crippen LogP contribution in [0.15, 0.2) is 28.0 Å². The zero-order valence-corrected chi connectivity index (χ0v) is 22.1. The fourth-order valence-electron chi connectivity index (χ4n) is 7.36. The van der Waals surface area contributed by atoms with Gasteiger partial charge in [-0.05, 0) is 54.2 Å². The number of nitrogens with one attached hydrogen (secondary N) is 1. The van der Waals surface area contributed by atoms with Crippen molar-refractivity contribution in [2.45, 2.75) is 48.9 Å². The van der Waals surface area contributed by atoms with E-state index in [9.17, 15) is 29.4 Å². The van der Waals surface area contributed by atoms with E-state index in [-0.39, 0.29) is 51.9 Å². The average molecular weight is 544 g/mol. The van der Waals surface area contributed by atoms with Crippen LogP contribution in [0.5, 0.6) is 11.5 Å². The van der Waals surface area contributed by atoms with E-state index in [2.05, 4.69) is 4.98 Å². The number of rotatable bonds is 6. The quantitative estimate of drug-likeness (QED) is 0.526. The number of hydrogen-bond donors (Lipinski definition) is 2. The molecule has 1 saturated heterocycles. The number of carbonyl (C=O) groups excluding carboxylic acids is 3. The third-order valence-corrected chi connectivity index (χ3v) is 11.2. The van der Waals surface area contributed by atoms with Gasteiger partial charge in [-0.25, -0.2) is 0 Å².